The molecule has 0 radical (unpaired) electrons. The maximum atomic E-state index is 12.0. The molecule has 0 amide bonds. The van der Waals surface area contributed by atoms with Gasteiger partial charge in [0.15, 0.2) is 0 Å². The van der Waals surface area contributed by atoms with Crippen LogP contribution in [0.5, 0.6) is 0 Å². The minimum Gasteiger partial charge on any atom is -0.330 e. The number of rotatable bonds is 5. The number of aryl methyl sites for hydroxylation is 1. The van der Waals surface area contributed by atoms with Crippen molar-refractivity contribution >= 4 is 0 Å². The number of imidazole rings is 1. The summed E-state index contributed by atoms with van der Waals surface area (Å²) >= 11 is 0. The van der Waals surface area contributed by atoms with Crippen molar-refractivity contribution < 1.29 is 0 Å². The third-order valence-corrected chi connectivity index (χ3v) is 3.40. The van der Waals surface area contributed by atoms with Crippen molar-refractivity contribution in [1.29, 1.82) is 0 Å². The van der Waals surface area contributed by atoms with Crippen LogP contribution in [-0.2, 0) is 6.54 Å². The molecule has 2 rings (SSSR count). The summed E-state index contributed by atoms with van der Waals surface area (Å²) in [6.07, 6.45) is 7.05. The highest BCUT2D eigenvalue weighted by atomic mass is 16.1. The molecule has 1 aliphatic carbocycles. The van der Waals surface area contributed by atoms with Crippen LogP contribution in [0.4, 0.5) is 0 Å². The van der Waals surface area contributed by atoms with E-state index in [0.29, 0.717) is 12.6 Å². The number of hydrogen-bond acceptors (Lipinski definition) is 2. The monoisotopic (exact) mass is 223 g/mol. The molecular formula is C12H21N3O. The molecule has 0 aliphatic heterocycles. The zero-order valence-corrected chi connectivity index (χ0v) is 10.1. The van der Waals surface area contributed by atoms with Crippen LogP contribution in [0.2, 0.25) is 0 Å². The van der Waals surface area contributed by atoms with E-state index in [9.17, 15) is 4.79 Å². The lowest BCUT2D eigenvalue weighted by Gasteiger charge is -2.21. The van der Waals surface area contributed by atoms with Gasteiger partial charge in [0.1, 0.15) is 0 Å². The van der Waals surface area contributed by atoms with Gasteiger partial charge in [-0.1, -0.05) is 13.8 Å². The molecule has 1 aromatic rings. The molecule has 1 fully saturated rings. The van der Waals surface area contributed by atoms with E-state index >= 15 is 0 Å². The van der Waals surface area contributed by atoms with Crippen LogP contribution in [0.3, 0.4) is 0 Å². The molecular weight excluding hydrogens is 202 g/mol. The summed E-state index contributed by atoms with van der Waals surface area (Å²) in [5, 5.41) is 0. The van der Waals surface area contributed by atoms with E-state index < -0.39 is 0 Å². The Kier molecular flexibility index (Phi) is 2.93. The molecule has 4 nitrogen and oxygen atoms in total. The first-order chi connectivity index (χ1) is 7.53. The Labute approximate surface area is 96.1 Å². The predicted octanol–water partition coefficient (Wildman–Crippen LogP) is 1.36. The van der Waals surface area contributed by atoms with Gasteiger partial charge in [-0.2, -0.15) is 0 Å². The van der Waals surface area contributed by atoms with Gasteiger partial charge in [-0.3, -0.25) is 9.13 Å². The van der Waals surface area contributed by atoms with Gasteiger partial charge < -0.3 is 5.73 Å². The molecule has 1 aliphatic rings. The van der Waals surface area contributed by atoms with E-state index in [-0.39, 0.29) is 11.1 Å². The van der Waals surface area contributed by atoms with E-state index in [0.717, 1.165) is 25.8 Å². The zero-order chi connectivity index (χ0) is 11.8. The van der Waals surface area contributed by atoms with Gasteiger partial charge in [-0.05, 0) is 31.2 Å². The van der Waals surface area contributed by atoms with Crippen LogP contribution in [0.15, 0.2) is 17.2 Å². The van der Waals surface area contributed by atoms with Gasteiger partial charge in [0, 0.05) is 25.0 Å². The quantitative estimate of drug-likeness (QED) is 0.819. The summed E-state index contributed by atoms with van der Waals surface area (Å²) in [4.78, 5) is 12.0. The maximum absolute atomic E-state index is 12.0. The lowest BCUT2D eigenvalue weighted by atomic mass is 9.90. The second-order valence-corrected chi connectivity index (χ2v) is 5.53. The van der Waals surface area contributed by atoms with Gasteiger partial charge in [0.25, 0.3) is 0 Å². The van der Waals surface area contributed by atoms with Crippen LogP contribution in [0.25, 0.3) is 0 Å². The molecule has 0 saturated heterocycles. The van der Waals surface area contributed by atoms with E-state index in [4.69, 9.17) is 5.73 Å². The molecule has 90 valence electrons. The second kappa shape index (κ2) is 4.09. The fraction of sp³-hybridized carbons (Fsp3) is 0.750. The van der Waals surface area contributed by atoms with Gasteiger partial charge in [0.05, 0.1) is 0 Å². The summed E-state index contributed by atoms with van der Waals surface area (Å²) in [5.41, 5.74) is 5.93. The molecule has 16 heavy (non-hydrogen) atoms. The van der Waals surface area contributed by atoms with Gasteiger partial charge in [0.2, 0.25) is 0 Å². The molecule has 0 spiro atoms. The Morgan fingerprint density at radius 2 is 2.12 bits per heavy atom. The molecule has 1 heterocycles. The topological polar surface area (TPSA) is 52.9 Å². The first kappa shape index (κ1) is 11.5. The minimum absolute atomic E-state index is 0.112. The Morgan fingerprint density at radius 1 is 1.44 bits per heavy atom. The lowest BCUT2D eigenvalue weighted by Crippen LogP contribution is -2.29. The number of hydrogen-bond donors (Lipinski definition) is 1. The smallest absolute Gasteiger partial charge is 0.328 e. The van der Waals surface area contributed by atoms with Crippen LogP contribution >= 0.6 is 0 Å². The van der Waals surface area contributed by atoms with Crippen molar-refractivity contribution in [3.05, 3.63) is 22.9 Å². The fourth-order valence-corrected chi connectivity index (χ4v) is 1.75. The molecule has 1 saturated carbocycles. The van der Waals surface area contributed by atoms with Crippen molar-refractivity contribution in [2.45, 2.75) is 45.7 Å². The highest BCUT2D eigenvalue weighted by Gasteiger charge is 2.25. The SMILES string of the molecule is CC(C)(CN)CCn1ccn(C2CC2)c1=O. The van der Waals surface area contributed by atoms with Crippen LogP contribution in [0, 0.1) is 5.41 Å². The average molecular weight is 223 g/mol. The van der Waals surface area contributed by atoms with Crippen LogP contribution < -0.4 is 11.4 Å². The average Bonchev–Trinajstić information content (AvgIpc) is 3.02. The van der Waals surface area contributed by atoms with E-state index in [1.807, 2.05) is 17.0 Å². The van der Waals surface area contributed by atoms with Crippen molar-refractivity contribution in [3.63, 3.8) is 0 Å². The fourth-order valence-electron chi connectivity index (χ4n) is 1.75. The summed E-state index contributed by atoms with van der Waals surface area (Å²) in [7, 11) is 0. The minimum atomic E-state index is 0.112. The Balaban J connectivity index is 2.02. The van der Waals surface area contributed by atoms with Crippen LogP contribution in [-0.4, -0.2) is 15.7 Å². The Hall–Kier alpha value is -1.03. The largest absolute Gasteiger partial charge is 0.330 e. The van der Waals surface area contributed by atoms with Crippen molar-refractivity contribution in [2.24, 2.45) is 11.1 Å². The molecule has 0 atom stereocenters. The van der Waals surface area contributed by atoms with E-state index in [1.165, 1.54) is 0 Å². The normalized spacial score (nSPS) is 16.7. The predicted molar refractivity (Wildman–Crippen MR) is 64.4 cm³/mol. The van der Waals surface area contributed by atoms with Gasteiger partial charge >= 0.3 is 5.69 Å². The second-order valence-electron chi connectivity index (χ2n) is 5.53. The first-order valence-corrected chi connectivity index (χ1v) is 6.01. The highest BCUT2D eigenvalue weighted by molar-refractivity contribution is 4.91. The van der Waals surface area contributed by atoms with Crippen LogP contribution in [0.1, 0.15) is 39.2 Å². The van der Waals surface area contributed by atoms with Crippen molar-refractivity contribution in [2.75, 3.05) is 6.54 Å². The van der Waals surface area contributed by atoms with Crippen molar-refractivity contribution in [1.82, 2.24) is 9.13 Å². The maximum Gasteiger partial charge on any atom is 0.328 e. The van der Waals surface area contributed by atoms with Gasteiger partial charge in [-0.15, -0.1) is 0 Å². The van der Waals surface area contributed by atoms with E-state index in [2.05, 4.69) is 13.8 Å². The summed E-state index contributed by atoms with van der Waals surface area (Å²) < 4.78 is 3.66. The number of nitrogens with two attached hydrogens (primary N) is 1. The summed E-state index contributed by atoms with van der Waals surface area (Å²) in [5.74, 6) is 0. The van der Waals surface area contributed by atoms with Crippen molar-refractivity contribution in [3.8, 4) is 0 Å². The lowest BCUT2D eigenvalue weighted by molar-refractivity contribution is 0.321. The van der Waals surface area contributed by atoms with Gasteiger partial charge in [-0.25, -0.2) is 4.79 Å². The number of aromatic nitrogens is 2. The Bertz CT molecular complexity index is 412. The van der Waals surface area contributed by atoms with E-state index in [1.54, 1.807) is 4.57 Å². The third-order valence-electron chi connectivity index (χ3n) is 3.40. The number of nitrogens with zero attached hydrogens (tertiary/aromatic N) is 2. The highest BCUT2D eigenvalue weighted by Crippen LogP contribution is 2.33. The molecule has 0 aromatic carbocycles. The molecule has 0 bridgehead atoms. The standard InChI is InChI=1S/C12H21N3O/c1-12(2,9-13)5-6-14-7-8-15(11(14)16)10-3-4-10/h7-8,10H,3-6,9,13H2,1-2H3. The molecule has 2 N–H and O–H groups in total. The zero-order valence-electron chi connectivity index (χ0n) is 10.1. The Morgan fingerprint density at radius 3 is 2.69 bits per heavy atom. The first-order valence-electron chi connectivity index (χ1n) is 6.01. The third kappa shape index (κ3) is 2.38. The molecule has 1 aromatic heterocycles. The summed E-state index contributed by atoms with van der Waals surface area (Å²) in [6.45, 7) is 5.69. The molecule has 0 unspecified atom stereocenters. The summed E-state index contributed by atoms with van der Waals surface area (Å²) in [6, 6.07) is 0.469. The molecule has 4 heteroatoms.